The molecule has 0 aliphatic rings. The van der Waals surface area contributed by atoms with Crippen molar-refractivity contribution in [3.05, 3.63) is 62.8 Å². The van der Waals surface area contributed by atoms with E-state index >= 15 is 0 Å². The summed E-state index contributed by atoms with van der Waals surface area (Å²) in [6.07, 6.45) is 0.286. The van der Waals surface area contributed by atoms with Crippen LogP contribution >= 0.6 is 23.2 Å². The summed E-state index contributed by atoms with van der Waals surface area (Å²) >= 11 is 12.5. The second-order valence-corrected chi connectivity index (χ2v) is 6.90. The van der Waals surface area contributed by atoms with Crippen molar-refractivity contribution in [2.45, 2.75) is 20.0 Å². The molecule has 0 unspecified atom stereocenters. The molecule has 0 fully saturated rings. The van der Waals surface area contributed by atoms with Gasteiger partial charge in [-0.25, -0.2) is 4.79 Å². The molecule has 3 aromatic rings. The molecule has 0 saturated heterocycles. The van der Waals surface area contributed by atoms with Crippen LogP contribution in [0.1, 0.15) is 27.2 Å². The van der Waals surface area contributed by atoms with E-state index in [1.807, 2.05) is 10.6 Å². The third kappa shape index (κ3) is 3.73. The van der Waals surface area contributed by atoms with Crippen LogP contribution in [0, 0.1) is 6.92 Å². The van der Waals surface area contributed by atoms with Gasteiger partial charge in [0, 0.05) is 35.6 Å². The number of carbonyl (C=O) groups is 1. The minimum atomic E-state index is -2.90. The first-order valence-electron chi connectivity index (χ1n) is 7.93. The largest absolute Gasteiger partial charge is 0.478 e. The van der Waals surface area contributed by atoms with E-state index in [0.29, 0.717) is 16.1 Å². The SMILES string of the molecule is Cc1cc(OC(F)F)cc2c1cc(Cc1c(Cl)ccc(C(=O)O)c1Cl)n2C. The Balaban J connectivity index is 2.09. The van der Waals surface area contributed by atoms with Gasteiger partial charge in [-0.15, -0.1) is 0 Å². The number of carboxylic acids is 1. The minimum absolute atomic E-state index is 0.0290. The number of ether oxygens (including phenoxy) is 1. The summed E-state index contributed by atoms with van der Waals surface area (Å²) in [7, 11) is 1.78. The number of alkyl halides is 2. The Morgan fingerprint density at radius 2 is 1.96 bits per heavy atom. The molecule has 142 valence electrons. The van der Waals surface area contributed by atoms with Crippen molar-refractivity contribution in [1.29, 1.82) is 0 Å². The Kier molecular flexibility index (Phi) is 5.31. The lowest BCUT2D eigenvalue weighted by Gasteiger charge is -2.11. The summed E-state index contributed by atoms with van der Waals surface area (Å²) in [5.41, 5.74) is 2.75. The molecule has 0 spiro atoms. The maximum absolute atomic E-state index is 12.5. The topological polar surface area (TPSA) is 51.5 Å². The third-order valence-electron chi connectivity index (χ3n) is 4.44. The van der Waals surface area contributed by atoms with Crippen LogP contribution in [-0.2, 0) is 13.5 Å². The lowest BCUT2D eigenvalue weighted by Crippen LogP contribution is -2.04. The summed E-state index contributed by atoms with van der Waals surface area (Å²) in [5.74, 6) is -1.06. The first-order valence-corrected chi connectivity index (χ1v) is 8.68. The molecule has 4 nitrogen and oxygen atoms in total. The quantitative estimate of drug-likeness (QED) is 0.584. The maximum Gasteiger partial charge on any atom is 0.387 e. The first-order chi connectivity index (χ1) is 12.7. The highest BCUT2D eigenvalue weighted by Crippen LogP contribution is 2.33. The molecule has 0 aliphatic carbocycles. The molecular weight excluding hydrogens is 399 g/mol. The predicted molar refractivity (Wildman–Crippen MR) is 101 cm³/mol. The smallest absolute Gasteiger partial charge is 0.387 e. The lowest BCUT2D eigenvalue weighted by atomic mass is 10.1. The van der Waals surface area contributed by atoms with Gasteiger partial charge in [0.25, 0.3) is 0 Å². The molecule has 0 bridgehead atoms. The van der Waals surface area contributed by atoms with Gasteiger partial charge in [0.1, 0.15) is 5.75 Å². The Morgan fingerprint density at radius 3 is 2.59 bits per heavy atom. The molecule has 1 heterocycles. The standard InChI is InChI=1S/C19H15Cl2F2NO3/c1-9-5-11(27-19(22)23)8-16-13(9)6-10(24(16)2)7-14-15(20)4-3-12(17(14)21)18(25)26/h3-6,8,19H,7H2,1-2H3,(H,25,26). The number of aryl methyl sites for hydroxylation is 2. The van der Waals surface area contributed by atoms with Crippen LogP contribution < -0.4 is 4.74 Å². The monoisotopic (exact) mass is 413 g/mol. The van der Waals surface area contributed by atoms with Crippen molar-refractivity contribution in [2.24, 2.45) is 7.05 Å². The van der Waals surface area contributed by atoms with Gasteiger partial charge in [0.05, 0.1) is 16.1 Å². The Hall–Kier alpha value is -2.31. The van der Waals surface area contributed by atoms with E-state index in [4.69, 9.17) is 23.2 Å². The molecular formula is C19H15Cl2F2NO3. The third-order valence-corrected chi connectivity index (χ3v) is 5.23. The fourth-order valence-corrected chi connectivity index (χ4v) is 3.66. The number of rotatable bonds is 5. The molecule has 1 N–H and O–H groups in total. The maximum atomic E-state index is 12.5. The Bertz CT molecular complexity index is 1050. The summed E-state index contributed by atoms with van der Waals surface area (Å²) in [6.45, 7) is -1.10. The minimum Gasteiger partial charge on any atom is -0.478 e. The van der Waals surface area contributed by atoms with Crippen molar-refractivity contribution in [3.63, 3.8) is 0 Å². The number of nitrogens with zero attached hydrogens (tertiary/aromatic N) is 1. The number of carboxylic acid groups (broad SMARTS) is 1. The zero-order valence-corrected chi connectivity index (χ0v) is 15.9. The van der Waals surface area contributed by atoms with Gasteiger partial charge < -0.3 is 14.4 Å². The molecule has 0 saturated carbocycles. The molecule has 0 amide bonds. The van der Waals surface area contributed by atoms with Gasteiger partial charge in [0.15, 0.2) is 0 Å². The Labute approximate surface area is 163 Å². The number of fused-ring (bicyclic) bond motifs is 1. The number of aromatic nitrogens is 1. The van der Waals surface area contributed by atoms with E-state index in [0.717, 1.165) is 16.6 Å². The highest BCUT2D eigenvalue weighted by molar-refractivity contribution is 6.38. The van der Waals surface area contributed by atoms with Crippen LogP contribution in [0.5, 0.6) is 5.75 Å². The fourth-order valence-electron chi connectivity index (χ4n) is 3.08. The summed E-state index contributed by atoms with van der Waals surface area (Å²) < 4.78 is 31.4. The average molecular weight is 414 g/mol. The van der Waals surface area contributed by atoms with E-state index in [1.165, 1.54) is 18.2 Å². The normalized spacial score (nSPS) is 11.4. The Morgan fingerprint density at radius 1 is 1.26 bits per heavy atom. The van der Waals surface area contributed by atoms with E-state index in [-0.39, 0.29) is 22.8 Å². The second-order valence-electron chi connectivity index (χ2n) is 6.12. The van der Waals surface area contributed by atoms with Crippen LogP contribution in [0.4, 0.5) is 8.78 Å². The van der Waals surface area contributed by atoms with Crippen molar-refractivity contribution >= 4 is 40.1 Å². The van der Waals surface area contributed by atoms with Crippen molar-refractivity contribution in [3.8, 4) is 5.75 Å². The predicted octanol–water partition coefficient (Wildman–Crippen LogP) is 5.68. The van der Waals surface area contributed by atoms with Crippen LogP contribution in [-0.4, -0.2) is 22.3 Å². The molecule has 0 aliphatic heterocycles. The summed E-state index contributed by atoms with van der Waals surface area (Å²) in [6, 6.07) is 7.83. The van der Waals surface area contributed by atoms with E-state index in [1.54, 1.807) is 20.0 Å². The molecule has 27 heavy (non-hydrogen) atoms. The fraction of sp³-hybridized carbons (Fsp3) is 0.211. The highest BCUT2D eigenvalue weighted by atomic mass is 35.5. The molecule has 0 radical (unpaired) electrons. The van der Waals surface area contributed by atoms with E-state index < -0.39 is 12.6 Å². The van der Waals surface area contributed by atoms with Crippen LogP contribution in [0.2, 0.25) is 10.0 Å². The number of halogens is 4. The summed E-state index contributed by atoms with van der Waals surface area (Å²) in [4.78, 5) is 11.3. The van der Waals surface area contributed by atoms with Gasteiger partial charge >= 0.3 is 12.6 Å². The van der Waals surface area contributed by atoms with Gasteiger partial charge in [-0.3, -0.25) is 0 Å². The second kappa shape index (κ2) is 7.37. The number of aromatic carboxylic acids is 1. The van der Waals surface area contributed by atoms with E-state index in [2.05, 4.69) is 4.74 Å². The van der Waals surface area contributed by atoms with Gasteiger partial charge in [-0.1, -0.05) is 23.2 Å². The average Bonchev–Trinajstić information content (AvgIpc) is 2.87. The van der Waals surface area contributed by atoms with Crippen LogP contribution in [0.25, 0.3) is 10.9 Å². The van der Waals surface area contributed by atoms with Gasteiger partial charge in [-0.2, -0.15) is 8.78 Å². The van der Waals surface area contributed by atoms with Crippen molar-refractivity contribution < 1.29 is 23.4 Å². The molecule has 2 aromatic carbocycles. The van der Waals surface area contributed by atoms with E-state index in [9.17, 15) is 18.7 Å². The number of benzene rings is 2. The molecule has 3 rings (SSSR count). The molecule has 8 heteroatoms. The van der Waals surface area contributed by atoms with Crippen molar-refractivity contribution in [2.75, 3.05) is 0 Å². The molecule has 1 aromatic heterocycles. The first kappa shape index (κ1) is 19.5. The lowest BCUT2D eigenvalue weighted by molar-refractivity contribution is -0.0497. The number of hydrogen-bond acceptors (Lipinski definition) is 2. The summed E-state index contributed by atoms with van der Waals surface area (Å²) in [5, 5.41) is 10.6. The van der Waals surface area contributed by atoms with Crippen molar-refractivity contribution in [1.82, 2.24) is 4.57 Å². The highest BCUT2D eigenvalue weighted by Gasteiger charge is 2.18. The molecule has 0 atom stereocenters. The van der Waals surface area contributed by atoms with Gasteiger partial charge in [-0.05, 0) is 42.3 Å². The van der Waals surface area contributed by atoms with Crippen LogP contribution in [0.15, 0.2) is 30.3 Å². The van der Waals surface area contributed by atoms with Gasteiger partial charge in [0.2, 0.25) is 0 Å². The zero-order valence-electron chi connectivity index (χ0n) is 14.4. The van der Waals surface area contributed by atoms with Crippen LogP contribution in [0.3, 0.4) is 0 Å². The zero-order chi connectivity index (χ0) is 19.9. The number of hydrogen-bond donors (Lipinski definition) is 1.